The van der Waals surface area contributed by atoms with Crippen LogP contribution >= 0.6 is 11.6 Å². The number of halogens is 1. The van der Waals surface area contributed by atoms with Gasteiger partial charge in [-0.25, -0.2) is 0 Å². The second-order valence-electron chi connectivity index (χ2n) is 4.35. The fourth-order valence-electron chi connectivity index (χ4n) is 1.53. The highest BCUT2D eigenvalue weighted by atomic mass is 35.5. The lowest BCUT2D eigenvalue weighted by Gasteiger charge is -2.24. The molecule has 17 heavy (non-hydrogen) atoms. The average Bonchev–Trinajstić information content (AvgIpc) is 2.34. The van der Waals surface area contributed by atoms with Gasteiger partial charge < -0.3 is 9.64 Å². The van der Waals surface area contributed by atoms with E-state index in [0.717, 1.165) is 24.6 Å². The van der Waals surface area contributed by atoms with E-state index in [2.05, 4.69) is 28.9 Å². The van der Waals surface area contributed by atoms with E-state index < -0.39 is 0 Å². The van der Waals surface area contributed by atoms with Gasteiger partial charge in [0, 0.05) is 20.2 Å². The molecule has 0 saturated heterocycles. The highest BCUT2D eigenvalue weighted by Crippen LogP contribution is 2.12. The lowest BCUT2D eigenvalue weighted by molar-refractivity contribution is 0.204. The Bertz CT molecular complexity index is 316. The zero-order chi connectivity index (χ0) is 12.7. The van der Waals surface area contributed by atoms with Crippen molar-refractivity contribution in [3.05, 3.63) is 17.8 Å². The van der Waals surface area contributed by atoms with Crippen molar-refractivity contribution in [2.75, 3.05) is 31.7 Å². The molecular weight excluding hydrogens is 238 g/mol. The highest BCUT2D eigenvalue weighted by Gasteiger charge is 2.10. The monoisotopic (exact) mass is 257 g/mol. The van der Waals surface area contributed by atoms with Crippen molar-refractivity contribution >= 4 is 17.4 Å². The third-order valence-electron chi connectivity index (χ3n) is 2.32. The average molecular weight is 258 g/mol. The first-order valence-corrected chi connectivity index (χ1v) is 6.33. The predicted molar refractivity (Wildman–Crippen MR) is 70.5 cm³/mol. The van der Waals surface area contributed by atoms with Crippen LogP contribution < -0.4 is 4.90 Å². The third-order valence-corrected chi connectivity index (χ3v) is 2.59. The first kappa shape index (κ1) is 14.2. The molecule has 1 aromatic heterocycles. The summed E-state index contributed by atoms with van der Waals surface area (Å²) in [7, 11) is 1.70. The maximum atomic E-state index is 5.69. The Morgan fingerprint density at radius 3 is 2.59 bits per heavy atom. The fourth-order valence-corrected chi connectivity index (χ4v) is 1.68. The van der Waals surface area contributed by atoms with Crippen LogP contribution in [0, 0.1) is 5.92 Å². The van der Waals surface area contributed by atoms with E-state index in [0.29, 0.717) is 18.4 Å². The molecule has 0 aliphatic rings. The zero-order valence-electron chi connectivity index (χ0n) is 10.7. The quantitative estimate of drug-likeness (QED) is 0.703. The molecule has 0 amide bonds. The summed E-state index contributed by atoms with van der Waals surface area (Å²) in [5.74, 6) is 1.85. The molecule has 0 fully saturated rings. The second kappa shape index (κ2) is 7.45. The van der Waals surface area contributed by atoms with E-state index in [1.807, 2.05) is 12.1 Å². The van der Waals surface area contributed by atoms with Gasteiger partial charge in [0.2, 0.25) is 0 Å². The predicted octanol–water partition coefficient (Wildman–Crippen LogP) is 2.32. The molecule has 4 nitrogen and oxygen atoms in total. The van der Waals surface area contributed by atoms with Crippen molar-refractivity contribution in [2.24, 2.45) is 5.92 Å². The van der Waals surface area contributed by atoms with Crippen LogP contribution in [0.25, 0.3) is 0 Å². The zero-order valence-corrected chi connectivity index (χ0v) is 11.4. The minimum atomic E-state index is 0.398. The molecule has 0 radical (unpaired) electrons. The van der Waals surface area contributed by atoms with Gasteiger partial charge in [-0.05, 0) is 18.1 Å². The molecule has 96 valence electrons. The van der Waals surface area contributed by atoms with Crippen molar-refractivity contribution in [1.82, 2.24) is 10.2 Å². The summed E-state index contributed by atoms with van der Waals surface area (Å²) in [4.78, 5) is 2.18. The number of aromatic nitrogens is 2. The van der Waals surface area contributed by atoms with Crippen LogP contribution in [0.15, 0.2) is 12.1 Å². The van der Waals surface area contributed by atoms with Crippen LogP contribution in [0.4, 0.5) is 5.82 Å². The van der Waals surface area contributed by atoms with Crippen LogP contribution in [0.5, 0.6) is 0 Å². The number of hydrogen-bond acceptors (Lipinski definition) is 4. The Kier molecular flexibility index (Phi) is 6.22. The maximum absolute atomic E-state index is 5.69. The SMILES string of the molecule is COCCN(CC(C)C)c1ccc(CCl)nn1. The molecule has 0 atom stereocenters. The Hall–Kier alpha value is -0.870. The number of methoxy groups -OCH3 is 1. The van der Waals surface area contributed by atoms with Crippen LogP contribution in [0.1, 0.15) is 19.5 Å². The minimum Gasteiger partial charge on any atom is -0.383 e. The minimum absolute atomic E-state index is 0.398. The topological polar surface area (TPSA) is 38.2 Å². The van der Waals surface area contributed by atoms with Gasteiger partial charge in [0.05, 0.1) is 18.2 Å². The Balaban J connectivity index is 2.72. The number of ether oxygens (including phenoxy) is 1. The molecule has 0 bridgehead atoms. The van der Waals surface area contributed by atoms with Crippen LogP contribution in [-0.4, -0.2) is 37.0 Å². The summed E-state index contributed by atoms with van der Waals surface area (Å²) in [5, 5.41) is 8.26. The van der Waals surface area contributed by atoms with Gasteiger partial charge in [-0.15, -0.1) is 16.7 Å². The van der Waals surface area contributed by atoms with Crippen LogP contribution in [0.3, 0.4) is 0 Å². The molecule has 0 aromatic carbocycles. The largest absolute Gasteiger partial charge is 0.383 e. The van der Waals surface area contributed by atoms with Gasteiger partial charge in [-0.1, -0.05) is 13.8 Å². The lowest BCUT2D eigenvalue weighted by Crippen LogP contribution is -2.31. The van der Waals surface area contributed by atoms with Gasteiger partial charge in [0.1, 0.15) is 0 Å². The number of alkyl halides is 1. The molecule has 1 heterocycles. The number of anilines is 1. The van der Waals surface area contributed by atoms with Gasteiger partial charge in [-0.3, -0.25) is 0 Å². The van der Waals surface area contributed by atoms with Gasteiger partial charge >= 0.3 is 0 Å². The van der Waals surface area contributed by atoms with E-state index in [9.17, 15) is 0 Å². The molecule has 0 saturated carbocycles. The molecule has 1 aromatic rings. The summed E-state index contributed by atoms with van der Waals surface area (Å²) >= 11 is 5.69. The Labute approximate surface area is 108 Å². The van der Waals surface area contributed by atoms with E-state index in [4.69, 9.17) is 16.3 Å². The van der Waals surface area contributed by atoms with Crippen molar-refractivity contribution in [1.29, 1.82) is 0 Å². The molecule has 5 heteroatoms. The maximum Gasteiger partial charge on any atom is 0.151 e. The highest BCUT2D eigenvalue weighted by molar-refractivity contribution is 6.16. The molecular formula is C12H20ClN3O. The Morgan fingerprint density at radius 1 is 1.35 bits per heavy atom. The Morgan fingerprint density at radius 2 is 2.12 bits per heavy atom. The van der Waals surface area contributed by atoms with E-state index in [1.165, 1.54) is 0 Å². The van der Waals surface area contributed by atoms with Gasteiger partial charge in [0.25, 0.3) is 0 Å². The summed E-state index contributed by atoms with van der Waals surface area (Å²) < 4.78 is 5.11. The molecule has 0 unspecified atom stereocenters. The second-order valence-corrected chi connectivity index (χ2v) is 4.62. The standard InChI is InChI=1S/C12H20ClN3O/c1-10(2)9-16(6-7-17-3)12-5-4-11(8-13)14-15-12/h4-5,10H,6-9H2,1-3H3. The van der Waals surface area contributed by atoms with Crippen molar-refractivity contribution < 1.29 is 4.74 Å². The molecule has 1 rings (SSSR count). The number of rotatable bonds is 7. The van der Waals surface area contributed by atoms with Crippen molar-refractivity contribution in [2.45, 2.75) is 19.7 Å². The fraction of sp³-hybridized carbons (Fsp3) is 0.667. The van der Waals surface area contributed by atoms with E-state index >= 15 is 0 Å². The van der Waals surface area contributed by atoms with Crippen molar-refractivity contribution in [3.63, 3.8) is 0 Å². The summed E-state index contributed by atoms with van der Waals surface area (Å²) in [5.41, 5.74) is 0.798. The van der Waals surface area contributed by atoms with E-state index in [-0.39, 0.29) is 0 Å². The lowest BCUT2D eigenvalue weighted by atomic mass is 10.2. The summed E-state index contributed by atoms with van der Waals surface area (Å²) in [6.45, 7) is 6.81. The van der Waals surface area contributed by atoms with Gasteiger partial charge in [0.15, 0.2) is 5.82 Å². The summed E-state index contributed by atoms with van der Waals surface area (Å²) in [6.07, 6.45) is 0. The van der Waals surface area contributed by atoms with Crippen molar-refractivity contribution in [3.8, 4) is 0 Å². The van der Waals surface area contributed by atoms with Gasteiger partial charge in [-0.2, -0.15) is 5.10 Å². The first-order valence-electron chi connectivity index (χ1n) is 5.79. The van der Waals surface area contributed by atoms with E-state index in [1.54, 1.807) is 7.11 Å². The number of hydrogen-bond donors (Lipinski definition) is 0. The summed E-state index contributed by atoms with van der Waals surface area (Å²) in [6, 6.07) is 3.87. The third kappa shape index (κ3) is 4.88. The van der Waals surface area contributed by atoms with Crippen LogP contribution in [-0.2, 0) is 10.6 Å². The molecule has 0 N–H and O–H groups in total. The first-order chi connectivity index (χ1) is 8.17. The number of nitrogens with zero attached hydrogens (tertiary/aromatic N) is 3. The molecule has 0 aliphatic carbocycles. The van der Waals surface area contributed by atoms with Crippen LogP contribution in [0.2, 0.25) is 0 Å². The molecule has 0 aliphatic heterocycles. The normalized spacial score (nSPS) is 10.9. The smallest absolute Gasteiger partial charge is 0.151 e. The molecule has 0 spiro atoms.